The van der Waals surface area contributed by atoms with E-state index < -0.39 is 0 Å². The molecule has 1 aromatic heterocycles. The van der Waals surface area contributed by atoms with E-state index in [1.54, 1.807) is 12.3 Å². The van der Waals surface area contributed by atoms with Gasteiger partial charge in [-0.25, -0.2) is 5.43 Å². The van der Waals surface area contributed by atoms with Gasteiger partial charge >= 0.3 is 0 Å². The van der Waals surface area contributed by atoms with E-state index in [2.05, 4.69) is 31.4 Å². The zero-order valence-electron chi connectivity index (χ0n) is 12.6. The van der Waals surface area contributed by atoms with E-state index in [4.69, 9.17) is 4.74 Å². The quantitative estimate of drug-likeness (QED) is 0.541. The fraction of sp³-hybridized carbons (Fsp3) is 0.0556. The molecule has 2 aromatic carbocycles. The lowest BCUT2D eigenvalue weighted by molar-refractivity contribution is -0.123. The number of benzene rings is 2. The molecule has 0 spiro atoms. The van der Waals surface area contributed by atoms with Crippen LogP contribution in [0, 0.1) is 0 Å². The first kappa shape index (κ1) is 16.1. The Kier molecular flexibility index (Phi) is 5.18. The molecule has 1 heterocycles. The Morgan fingerprint density at radius 1 is 1.17 bits per heavy atom. The minimum absolute atomic E-state index is 0.128. The minimum atomic E-state index is -0.345. The number of fused-ring (bicyclic) bond motifs is 1. The van der Waals surface area contributed by atoms with E-state index in [1.807, 2.05) is 48.5 Å². The van der Waals surface area contributed by atoms with Crippen LogP contribution < -0.4 is 10.2 Å². The first-order chi connectivity index (χ1) is 11.7. The third kappa shape index (κ3) is 3.97. The maximum Gasteiger partial charge on any atom is 0.277 e. The maximum atomic E-state index is 11.8. The molecule has 6 heteroatoms. The molecule has 120 valence electrons. The summed E-state index contributed by atoms with van der Waals surface area (Å²) in [6.45, 7) is -0.128. The highest BCUT2D eigenvalue weighted by atomic mass is 79.9. The Hall–Kier alpha value is -2.73. The van der Waals surface area contributed by atoms with Gasteiger partial charge in [-0.15, -0.1) is 0 Å². The third-order valence-corrected chi connectivity index (χ3v) is 4.08. The molecule has 3 rings (SSSR count). The van der Waals surface area contributed by atoms with E-state index in [-0.39, 0.29) is 12.5 Å². The Labute approximate surface area is 147 Å². The van der Waals surface area contributed by atoms with Crippen molar-refractivity contribution in [2.75, 3.05) is 6.61 Å². The summed E-state index contributed by atoms with van der Waals surface area (Å²) in [5, 5.41) is 5.98. The fourth-order valence-electron chi connectivity index (χ4n) is 2.12. The van der Waals surface area contributed by atoms with Crippen LogP contribution in [0.5, 0.6) is 5.75 Å². The summed E-state index contributed by atoms with van der Waals surface area (Å²) in [5.41, 5.74) is 3.07. The second-order valence-corrected chi connectivity index (χ2v) is 5.73. The predicted octanol–water partition coefficient (Wildman–Crippen LogP) is 3.53. The van der Waals surface area contributed by atoms with Crippen LogP contribution in [0.15, 0.2) is 70.4 Å². The van der Waals surface area contributed by atoms with Gasteiger partial charge in [-0.05, 0) is 44.9 Å². The lowest BCUT2D eigenvalue weighted by Gasteiger charge is -2.09. The second-order valence-electron chi connectivity index (χ2n) is 4.94. The van der Waals surface area contributed by atoms with Crippen molar-refractivity contribution in [3.05, 3.63) is 71.0 Å². The van der Waals surface area contributed by atoms with Crippen molar-refractivity contribution in [1.82, 2.24) is 10.4 Å². The molecule has 5 nitrogen and oxygen atoms in total. The molecule has 0 aliphatic rings. The van der Waals surface area contributed by atoms with Crippen molar-refractivity contribution in [3.63, 3.8) is 0 Å². The molecule has 1 amide bonds. The zero-order chi connectivity index (χ0) is 16.8. The summed E-state index contributed by atoms with van der Waals surface area (Å²) in [6.07, 6.45) is 3.13. The monoisotopic (exact) mass is 383 g/mol. The van der Waals surface area contributed by atoms with Crippen LogP contribution in [0.3, 0.4) is 0 Å². The lowest BCUT2D eigenvalue weighted by atomic mass is 10.1. The smallest absolute Gasteiger partial charge is 0.277 e. The molecule has 0 saturated carbocycles. The number of carbonyl (C=O) groups is 1. The number of rotatable bonds is 5. The number of nitrogens with one attached hydrogen (secondary N) is 1. The van der Waals surface area contributed by atoms with Crippen molar-refractivity contribution in [1.29, 1.82) is 0 Å². The number of aromatic nitrogens is 1. The normalized spacial score (nSPS) is 10.9. The maximum absolute atomic E-state index is 11.8. The zero-order valence-corrected chi connectivity index (χ0v) is 14.2. The average Bonchev–Trinajstić information content (AvgIpc) is 2.62. The molecule has 0 bridgehead atoms. The molecule has 0 radical (unpaired) electrons. The van der Waals surface area contributed by atoms with Gasteiger partial charge in [-0.1, -0.05) is 36.4 Å². The topological polar surface area (TPSA) is 63.6 Å². The van der Waals surface area contributed by atoms with Crippen molar-refractivity contribution >= 4 is 38.8 Å². The Balaban J connectivity index is 1.58. The number of halogens is 1. The number of pyridine rings is 1. The number of amides is 1. The summed E-state index contributed by atoms with van der Waals surface area (Å²) < 4.78 is 6.39. The van der Waals surface area contributed by atoms with Gasteiger partial charge in [0.05, 0.1) is 16.4 Å². The SMILES string of the molecule is O=C(COc1ccc2ccccc2c1Br)NN=Cc1ccccn1. The molecule has 1 N–H and O–H groups in total. The summed E-state index contributed by atoms with van der Waals surface area (Å²) in [5.74, 6) is 0.264. The van der Waals surface area contributed by atoms with E-state index in [0.717, 1.165) is 15.2 Å². The summed E-state index contributed by atoms with van der Waals surface area (Å²) in [6, 6.07) is 17.2. The Bertz CT molecular complexity index is 882. The predicted molar refractivity (Wildman–Crippen MR) is 97.1 cm³/mol. The van der Waals surface area contributed by atoms with Gasteiger partial charge < -0.3 is 4.74 Å². The van der Waals surface area contributed by atoms with Crippen LogP contribution in [0.25, 0.3) is 10.8 Å². The molecule has 0 saturated heterocycles. The number of hydrazone groups is 1. The Morgan fingerprint density at radius 3 is 2.83 bits per heavy atom. The van der Waals surface area contributed by atoms with Crippen LogP contribution >= 0.6 is 15.9 Å². The molecule has 0 atom stereocenters. The minimum Gasteiger partial charge on any atom is -0.483 e. The second kappa shape index (κ2) is 7.70. The molecular weight excluding hydrogens is 370 g/mol. The highest BCUT2D eigenvalue weighted by Gasteiger charge is 2.08. The number of hydrogen-bond acceptors (Lipinski definition) is 4. The number of hydrogen-bond donors (Lipinski definition) is 1. The number of ether oxygens (including phenoxy) is 1. The highest BCUT2D eigenvalue weighted by Crippen LogP contribution is 2.32. The summed E-state index contributed by atoms with van der Waals surface area (Å²) in [7, 11) is 0. The molecule has 3 aromatic rings. The molecule has 0 aliphatic heterocycles. The van der Waals surface area contributed by atoms with Gasteiger partial charge in [0.25, 0.3) is 5.91 Å². The first-order valence-electron chi connectivity index (χ1n) is 7.27. The van der Waals surface area contributed by atoms with Gasteiger partial charge in [0.2, 0.25) is 0 Å². The lowest BCUT2D eigenvalue weighted by Crippen LogP contribution is -2.24. The van der Waals surface area contributed by atoms with Crippen molar-refractivity contribution in [3.8, 4) is 5.75 Å². The van der Waals surface area contributed by atoms with Crippen LogP contribution in [0.1, 0.15) is 5.69 Å². The van der Waals surface area contributed by atoms with Crippen molar-refractivity contribution in [2.24, 2.45) is 5.10 Å². The Morgan fingerprint density at radius 2 is 2.00 bits per heavy atom. The molecule has 0 aliphatic carbocycles. The molecule has 0 unspecified atom stereocenters. The molecule has 24 heavy (non-hydrogen) atoms. The largest absolute Gasteiger partial charge is 0.483 e. The van der Waals surface area contributed by atoms with Crippen LogP contribution in [0.4, 0.5) is 0 Å². The van der Waals surface area contributed by atoms with Gasteiger partial charge in [0.1, 0.15) is 5.75 Å². The van der Waals surface area contributed by atoms with Crippen LogP contribution in [0.2, 0.25) is 0 Å². The standard InChI is InChI=1S/C18H14BrN3O2/c19-18-15-7-2-1-5-13(15)8-9-16(18)24-12-17(23)22-21-11-14-6-3-4-10-20-14/h1-11H,12H2,(H,22,23). The van der Waals surface area contributed by atoms with E-state index in [9.17, 15) is 4.79 Å². The van der Waals surface area contributed by atoms with Gasteiger partial charge in [0, 0.05) is 6.20 Å². The van der Waals surface area contributed by atoms with Gasteiger partial charge in [0.15, 0.2) is 6.61 Å². The fourth-order valence-corrected chi connectivity index (χ4v) is 2.73. The van der Waals surface area contributed by atoms with E-state index >= 15 is 0 Å². The van der Waals surface area contributed by atoms with Gasteiger partial charge in [-0.2, -0.15) is 5.10 Å². The highest BCUT2D eigenvalue weighted by molar-refractivity contribution is 9.10. The molecule has 0 fully saturated rings. The third-order valence-electron chi connectivity index (χ3n) is 3.26. The summed E-state index contributed by atoms with van der Waals surface area (Å²) in [4.78, 5) is 15.9. The molecular formula is C18H14BrN3O2. The van der Waals surface area contributed by atoms with Crippen LogP contribution in [-0.4, -0.2) is 23.7 Å². The van der Waals surface area contributed by atoms with Crippen molar-refractivity contribution in [2.45, 2.75) is 0 Å². The van der Waals surface area contributed by atoms with E-state index in [0.29, 0.717) is 11.4 Å². The number of nitrogens with zero attached hydrogens (tertiary/aromatic N) is 2. The van der Waals surface area contributed by atoms with Crippen LogP contribution in [-0.2, 0) is 4.79 Å². The summed E-state index contributed by atoms with van der Waals surface area (Å²) >= 11 is 3.52. The van der Waals surface area contributed by atoms with E-state index in [1.165, 1.54) is 6.21 Å². The number of carbonyl (C=O) groups excluding carboxylic acids is 1. The first-order valence-corrected chi connectivity index (χ1v) is 8.06. The van der Waals surface area contributed by atoms with Gasteiger partial charge in [-0.3, -0.25) is 9.78 Å². The van der Waals surface area contributed by atoms with Crippen molar-refractivity contribution < 1.29 is 9.53 Å². The average molecular weight is 384 g/mol.